The molecule has 0 unspecified atom stereocenters. The van der Waals surface area contributed by atoms with Crippen LogP contribution in [0.5, 0.6) is 0 Å². The molecule has 0 atom stereocenters. The van der Waals surface area contributed by atoms with Crippen LogP contribution < -0.4 is 0 Å². The van der Waals surface area contributed by atoms with Crippen molar-refractivity contribution in [2.24, 2.45) is 0 Å². The van der Waals surface area contributed by atoms with Crippen molar-refractivity contribution in [3.63, 3.8) is 0 Å². The van der Waals surface area contributed by atoms with Crippen molar-refractivity contribution in [1.82, 2.24) is 0 Å². The number of rotatable bonds is 14. The highest BCUT2D eigenvalue weighted by Gasteiger charge is 2.95. The third kappa shape index (κ3) is 6.02. The second kappa shape index (κ2) is 10.6. The van der Waals surface area contributed by atoms with Gasteiger partial charge in [-0.2, -0.15) is 74.6 Å². The van der Waals surface area contributed by atoms with E-state index in [1.807, 2.05) is 0 Å². The van der Waals surface area contributed by atoms with Crippen LogP contribution in [0, 0.1) is 6.42 Å². The van der Waals surface area contributed by atoms with Crippen LogP contribution in [0.2, 0.25) is 0 Å². The highest BCUT2D eigenvalue weighted by Crippen LogP contribution is 2.64. The maximum Gasteiger partial charge on any atom is 0.460 e. The van der Waals surface area contributed by atoms with E-state index in [4.69, 9.17) is 5.11 Å². The van der Waals surface area contributed by atoms with Gasteiger partial charge in [0.2, 0.25) is 0 Å². The maximum absolute atomic E-state index is 13.6. The standard InChI is InChI=1S/C17H14F17O3/c1-8(9(35)36)4-2-3-6-37-7-5-10(18,19)11(20,21)12(22,23)13(24,25)14(26,27)15(28,29)16(30,31)17(32,33)34/h3-4H,2,5-7H2,1H3,(H,35,36). The monoisotopic (exact) mass is 589 g/mol. The number of halogens is 17. The molecule has 0 aromatic rings. The van der Waals surface area contributed by atoms with Gasteiger partial charge in [-0.25, -0.2) is 4.79 Å². The first-order chi connectivity index (χ1) is 16.1. The molecular formula is C17H14F17O3. The van der Waals surface area contributed by atoms with Gasteiger partial charge < -0.3 is 9.84 Å². The van der Waals surface area contributed by atoms with Gasteiger partial charge in [0.1, 0.15) is 0 Å². The van der Waals surface area contributed by atoms with E-state index in [1.54, 1.807) is 0 Å². The highest BCUT2D eigenvalue weighted by molar-refractivity contribution is 5.85. The van der Waals surface area contributed by atoms with Crippen molar-refractivity contribution >= 4 is 5.97 Å². The zero-order chi connectivity index (χ0) is 30.1. The Kier molecular flexibility index (Phi) is 10.0. The Hall–Kier alpha value is -2.02. The maximum atomic E-state index is 13.6. The number of aliphatic carboxylic acids is 1. The van der Waals surface area contributed by atoms with Crippen LogP contribution in [0.1, 0.15) is 19.8 Å². The third-order valence-electron chi connectivity index (χ3n) is 4.51. The van der Waals surface area contributed by atoms with E-state index in [0.717, 1.165) is 19.4 Å². The first-order valence-electron chi connectivity index (χ1n) is 9.08. The van der Waals surface area contributed by atoms with Crippen molar-refractivity contribution in [3.05, 3.63) is 18.1 Å². The van der Waals surface area contributed by atoms with Gasteiger partial charge in [0.05, 0.1) is 13.2 Å². The smallest absolute Gasteiger partial charge is 0.460 e. The number of ether oxygens (including phenoxy) is 1. The van der Waals surface area contributed by atoms with Crippen molar-refractivity contribution in [1.29, 1.82) is 0 Å². The molecule has 0 saturated heterocycles. The molecule has 0 aliphatic heterocycles. The van der Waals surface area contributed by atoms with Crippen LogP contribution >= 0.6 is 0 Å². The Balaban J connectivity index is 5.81. The third-order valence-corrected chi connectivity index (χ3v) is 4.51. The van der Waals surface area contributed by atoms with Crippen LogP contribution in [0.3, 0.4) is 0 Å². The quantitative estimate of drug-likeness (QED) is 0.135. The molecule has 3 nitrogen and oxygen atoms in total. The SMILES string of the molecule is CC(=CC[CH]COCCC(F)(F)C(F)(F)C(F)(F)C(F)(F)C(F)(F)C(F)(F)C(F)(F)C(F)(F)F)C(=O)O. The average Bonchev–Trinajstić information content (AvgIpc) is 2.70. The summed E-state index contributed by atoms with van der Waals surface area (Å²) in [5.74, 6) is -57.9. The minimum absolute atomic E-state index is 0.221. The van der Waals surface area contributed by atoms with Gasteiger partial charge >= 0.3 is 53.6 Å². The predicted octanol–water partition coefficient (Wildman–Crippen LogP) is 7.03. The fourth-order valence-electron chi connectivity index (χ4n) is 2.14. The summed E-state index contributed by atoms with van der Waals surface area (Å²) in [6, 6.07) is 0. The molecule has 219 valence electrons. The van der Waals surface area contributed by atoms with Crippen LogP contribution in [0.15, 0.2) is 11.6 Å². The molecule has 0 heterocycles. The van der Waals surface area contributed by atoms with Gasteiger partial charge in [-0.05, 0) is 19.8 Å². The summed E-state index contributed by atoms with van der Waals surface area (Å²) in [5.41, 5.74) is -0.221. The lowest BCUT2D eigenvalue weighted by atomic mass is 9.88. The Morgan fingerprint density at radius 2 is 1.05 bits per heavy atom. The number of carboxylic acid groups (broad SMARTS) is 1. The van der Waals surface area contributed by atoms with Crippen LogP contribution in [0.25, 0.3) is 0 Å². The van der Waals surface area contributed by atoms with Crippen molar-refractivity contribution in [2.75, 3.05) is 13.2 Å². The van der Waals surface area contributed by atoms with Crippen molar-refractivity contribution in [3.8, 4) is 0 Å². The number of carboxylic acids is 1. The molecule has 1 N–H and O–H groups in total. The molecule has 0 rings (SSSR count). The Labute approximate surface area is 195 Å². The summed E-state index contributed by atoms with van der Waals surface area (Å²) < 4.78 is 227. The second-order valence-electron chi connectivity index (χ2n) is 7.19. The van der Waals surface area contributed by atoms with Gasteiger partial charge in [-0.1, -0.05) is 6.08 Å². The molecule has 37 heavy (non-hydrogen) atoms. The molecule has 0 saturated carbocycles. The van der Waals surface area contributed by atoms with Crippen molar-refractivity contribution < 1.29 is 89.3 Å². The van der Waals surface area contributed by atoms with Gasteiger partial charge in [-0.3, -0.25) is 0 Å². The fraction of sp³-hybridized carbons (Fsp3) is 0.765. The average molecular weight is 589 g/mol. The lowest BCUT2D eigenvalue weighted by Crippen LogP contribution is -2.74. The molecule has 0 amide bonds. The van der Waals surface area contributed by atoms with Crippen LogP contribution in [-0.2, 0) is 9.53 Å². The van der Waals surface area contributed by atoms with Crippen LogP contribution in [0.4, 0.5) is 74.6 Å². The molecule has 0 bridgehead atoms. The van der Waals surface area contributed by atoms with E-state index in [0.29, 0.717) is 0 Å². The zero-order valence-electron chi connectivity index (χ0n) is 17.7. The first kappa shape index (κ1) is 35.0. The van der Waals surface area contributed by atoms with E-state index < -0.39 is 73.2 Å². The first-order valence-corrected chi connectivity index (χ1v) is 9.08. The number of hydrogen-bond donors (Lipinski definition) is 1. The van der Waals surface area contributed by atoms with E-state index in [9.17, 15) is 79.4 Å². The van der Waals surface area contributed by atoms with E-state index >= 15 is 0 Å². The lowest BCUT2D eigenvalue weighted by molar-refractivity contribution is -0.462. The Morgan fingerprint density at radius 3 is 1.43 bits per heavy atom. The summed E-state index contributed by atoms with van der Waals surface area (Å²) in [4.78, 5) is 10.5. The number of unbranched alkanes of at least 4 members (excludes halogenated alkanes) is 1. The summed E-state index contributed by atoms with van der Waals surface area (Å²) in [6.07, 6.45) is -8.75. The Bertz CT molecular complexity index is 829. The predicted molar refractivity (Wildman–Crippen MR) is 86.4 cm³/mol. The minimum atomic E-state index is -8.66. The molecule has 1 radical (unpaired) electrons. The van der Waals surface area contributed by atoms with E-state index in [-0.39, 0.29) is 12.0 Å². The number of hydrogen-bond acceptors (Lipinski definition) is 2. The highest BCUT2D eigenvalue weighted by atomic mass is 19.4. The van der Waals surface area contributed by atoms with Gasteiger partial charge in [0, 0.05) is 12.0 Å². The van der Waals surface area contributed by atoms with Crippen LogP contribution in [-0.4, -0.2) is 71.9 Å². The van der Waals surface area contributed by atoms with Gasteiger partial charge in [0.25, 0.3) is 0 Å². The molecule has 0 aliphatic carbocycles. The molecule has 0 aromatic heterocycles. The minimum Gasteiger partial charge on any atom is -0.478 e. The summed E-state index contributed by atoms with van der Waals surface area (Å²) in [5, 5.41) is 8.52. The zero-order valence-corrected chi connectivity index (χ0v) is 17.7. The number of carbonyl (C=O) groups is 1. The van der Waals surface area contributed by atoms with Gasteiger partial charge in [0.15, 0.2) is 0 Å². The Morgan fingerprint density at radius 1 is 0.676 bits per heavy atom. The van der Waals surface area contributed by atoms with Crippen molar-refractivity contribution in [2.45, 2.75) is 67.4 Å². The van der Waals surface area contributed by atoms with E-state index in [1.165, 1.54) is 0 Å². The van der Waals surface area contributed by atoms with Gasteiger partial charge in [-0.15, -0.1) is 0 Å². The summed E-state index contributed by atoms with van der Waals surface area (Å²) in [6.45, 7) is -1.39. The summed E-state index contributed by atoms with van der Waals surface area (Å²) >= 11 is 0. The molecule has 0 spiro atoms. The lowest BCUT2D eigenvalue weighted by Gasteiger charge is -2.42. The molecule has 0 aromatic carbocycles. The van der Waals surface area contributed by atoms with E-state index in [2.05, 4.69) is 4.74 Å². The summed E-state index contributed by atoms with van der Waals surface area (Å²) in [7, 11) is 0. The second-order valence-corrected chi connectivity index (χ2v) is 7.19. The molecule has 0 aliphatic rings. The topological polar surface area (TPSA) is 46.5 Å². The molecule has 20 heteroatoms. The molecular weight excluding hydrogens is 575 g/mol. The molecule has 0 fully saturated rings. The fourth-order valence-corrected chi connectivity index (χ4v) is 2.14. The number of allylic oxidation sites excluding steroid dienone is 1. The number of alkyl halides is 17. The normalized spacial score (nSPS) is 15.8. The largest absolute Gasteiger partial charge is 0.478 e.